The van der Waals surface area contributed by atoms with Crippen LogP contribution < -0.4 is 5.73 Å². The summed E-state index contributed by atoms with van der Waals surface area (Å²) in [7, 11) is 1.42. The monoisotopic (exact) mass is 257 g/mol. The molecule has 2 N–H and O–H groups in total. The molecule has 0 saturated heterocycles. The quantitative estimate of drug-likeness (QED) is 0.621. The van der Waals surface area contributed by atoms with Crippen molar-refractivity contribution in [3.63, 3.8) is 0 Å². The lowest BCUT2D eigenvalue weighted by atomic mass is 10.3. The van der Waals surface area contributed by atoms with Gasteiger partial charge in [0.05, 0.1) is 0 Å². The van der Waals surface area contributed by atoms with Crippen LogP contribution in [-0.4, -0.2) is 12.7 Å². The summed E-state index contributed by atoms with van der Waals surface area (Å²) < 4.78 is 17.7. The van der Waals surface area contributed by atoms with Gasteiger partial charge in [-0.3, -0.25) is 0 Å². The Balaban J connectivity index is 4.26. The fraction of sp³-hybridized carbons (Fsp3) is 0.429. The van der Waals surface area contributed by atoms with Gasteiger partial charge in [0.1, 0.15) is 5.56 Å². The van der Waals surface area contributed by atoms with E-state index in [1.54, 1.807) is 0 Å². The van der Waals surface area contributed by atoms with E-state index in [1.807, 2.05) is 0 Å². The maximum absolute atomic E-state index is 12.9. The molecule has 0 fully saturated rings. The minimum atomic E-state index is -0.609. The predicted molar refractivity (Wildman–Crippen MR) is 51.7 cm³/mol. The summed E-state index contributed by atoms with van der Waals surface area (Å²) in [5.74, 6) is -0.585. The van der Waals surface area contributed by atoms with Crippen LogP contribution >= 0.6 is 27.5 Å². The van der Waals surface area contributed by atoms with Crippen molar-refractivity contribution in [1.29, 1.82) is 0 Å². The number of rotatable bonds is 4. The van der Waals surface area contributed by atoms with Crippen molar-refractivity contribution >= 4 is 27.5 Å². The molecule has 70 valence electrons. The molecule has 0 aliphatic carbocycles. The van der Waals surface area contributed by atoms with E-state index in [9.17, 15) is 4.39 Å². The van der Waals surface area contributed by atoms with Gasteiger partial charge in [-0.15, -0.1) is 0 Å². The molecule has 0 aliphatic rings. The summed E-state index contributed by atoms with van der Waals surface area (Å²) >= 11 is 8.42. The number of allylic oxidation sites excluding steroid dienone is 2. The van der Waals surface area contributed by atoms with E-state index in [1.165, 1.54) is 7.11 Å². The van der Waals surface area contributed by atoms with Crippen molar-refractivity contribution < 1.29 is 9.13 Å². The highest BCUT2D eigenvalue weighted by Crippen LogP contribution is 2.21. The zero-order valence-corrected chi connectivity index (χ0v) is 8.95. The minimum absolute atomic E-state index is 0.0266. The highest BCUT2D eigenvalue weighted by atomic mass is 79.9. The first-order chi connectivity index (χ1) is 5.49. The van der Waals surface area contributed by atoms with E-state index in [0.717, 1.165) is 0 Å². The highest BCUT2D eigenvalue weighted by molar-refractivity contribution is 9.11. The van der Waals surface area contributed by atoms with E-state index in [4.69, 9.17) is 22.1 Å². The van der Waals surface area contributed by atoms with Crippen molar-refractivity contribution in [2.75, 3.05) is 7.11 Å². The van der Waals surface area contributed by atoms with E-state index >= 15 is 0 Å². The smallest absolute Gasteiger partial charge is 0.155 e. The van der Waals surface area contributed by atoms with Crippen molar-refractivity contribution in [3.8, 4) is 0 Å². The average molecular weight is 259 g/mol. The first kappa shape index (κ1) is 11.9. The summed E-state index contributed by atoms with van der Waals surface area (Å²) in [5.41, 5.74) is 4.76. The second-order valence-corrected chi connectivity index (χ2v) is 3.54. The Kier molecular flexibility index (Phi) is 5.53. The van der Waals surface area contributed by atoms with Gasteiger partial charge in [0.2, 0.25) is 0 Å². The van der Waals surface area contributed by atoms with Gasteiger partial charge in [0.25, 0.3) is 0 Å². The fourth-order valence-corrected chi connectivity index (χ4v) is 0.941. The number of methoxy groups -OCH3 is 1. The van der Waals surface area contributed by atoms with Crippen LogP contribution in [0.2, 0.25) is 0 Å². The topological polar surface area (TPSA) is 35.2 Å². The Hall–Kier alpha value is -0.0600. The number of alkyl halides is 1. The molecular weight excluding hydrogens is 248 g/mol. The zero-order chi connectivity index (χ0) is 9.72. The molecule has 2 nitrogen and oxygen atoms in total. The Morgan fingerprint density at radius 3 is 2.67 bits per heavy atom. The Morgan fingerprint density at radius 1 is 1.83 bits per heavy atom. The van der Waals surface area contributed by atoms with Crippen molar-refractivity contribution in [2.24, 2.45) is 5.73 Å². The maximum Gasteiger partial charge on any atom is 0.155 e. The normalized spacial score (nSPS) is 15.3. The predicted octanol–water partition coefficient (Wildman–Crippen LogP) is 2.64. The maximum atomic E-state index is 12.9. The van der Waals surface area contributed by atoms with Crippen LogP contribution in [0.3, 0.4) is 0 Å². The molecule has 0 aromatic rings. The van der Waals surface area contributed by atoms with Crippen LogP contribution in [0.15, 0.2) is 22.6 Å². The summed E-state index contributed by atoms with van der Waals surface area (Å²) in [6.07, 6.45) is 0.133. The molecule has 0 rings (SSSR count). The van der Waals surface area contributed by atoms with E-state index < -0.39 is 11.4 Å². The van der Waals surface area contributed by atoms with Gasteiger partial charge >= 0.3 is 0 Å². The van der Waals surface area contributed by atoms with E-state index in [2.05, 4.69) is 22.5 Å². The highest BCUT2D eigenvalue weighted by Gasteiger charge is 2.09. The van der Waals surface area contributed by atoms with Crippen molar-refractivity contribution in [1.82, 2.24) is 0 Å². The molecule has 0 aromatic carbocycles. The van der Waals surface area contributed by atoms with Crippen LogP contribution in [0.5, 0.6) is 0 Å². The van der Waals surface area contributed by atoms with Gasteiger partial charge in [-0.2, -0.15) is 0 Å². The zero-order valence-electron chi connectivity index (χ0n) is 6.61. The summed E-state index contributed by atoms with van der Waals surface area (Å²) in [6.45, 7) is 3.33. The lowest BCUT2D eigenvalue weighted by molar-refractivity contribution is 0.166. The van der Waals surface area contributed by atoms with Gasteiger partial charge in [0.15, 0.2) is 5.83 Å². The van der Waals surface area contributed by atoms with Gasteiger partial charge in [0, 0.05) is 23.7 Å². The van der Waals surface area contributed by atoms with Crippen molar-refractivity contribution in [3.05, 3.63) is 22.6 Å². The van der Waals surface area contributed by atoms with Crippen LogP contribution in [0, 0.1) is 0 Å². The number of hydrogen-bond donors (Lipinski definition) is 1. The summed E-state index contributed by atoms with van der Waals surface area (Å²) in [4.78, 5) is 0. The van der Waals surface area contributed by atoms with Gasteiger partial charge < -0.3 is 10.5 Å². The molecule has 0 amide bonds. The summed E-state index contributed by atoms with van der Waals surface area (Å²) in [5, 5.41) is 0. The number of ether oxygens (including phenoxy) is 1. The van der Waals surface area contributed by atoms with E-state index in [-0.39, 0.29) is 16.6 Å². The van der Waals surface area contributed by atoms with Gasteiger partial charge in [-0.1, -0.05) is 18.2 Å². The molecule has 0 aliphatic heterocycles. The first-order valence-corrected chi connectivity index (χ1v) is 4.37. The van der Waals surface area contributed by atoms with Crippen LogP contribution in [-0.2, 0) is 4.74 Å². The number of hydrogen-bond acceptors (Lipinski definition) is 2. The largest absolute Gasteiger partial charge is 0.400 e. The molecule has 0 bridgehead atoms. The molecule has 0 heterocycles. The van der Waals surface area contributed by atoms with Gasteiger partial charge in [-0.05, 0) is 15.9 Å². The molecule has 0 saturated carbocycles. The lowest BCUT2D eigenvalue weighted by Crippen LogP contribution is -2.09. The second-order valence-electron chi connectivity index (χ2n) is 2.09. The number of halogens is 3. The SMILES string of the molecule is C=C(Br)/C(F)=C(/N)CC(Cl)OC. The molecule has 0 radical (unpaired) electrons. The Bertz CT molecular complexity index is 208. The molecule has 0 aromatic heterocycles. The second kappa shape index (κ2) is 5.56. The third kappa shape index (κ3) is 4.09. The third-order valence-corrected chi connectivity index (χ3v) is 1.84. The van der Waals surface area contributed by atoms with Gasteiger partial charge in [-0.25, -0.2) is 4.39 Å². The standard InChI is InChI=1S/C7H10BrClFNO/c1-4(8)7(10)5(11)3-6(9)12-2/h6H,1,3,11H2,2H3/b7-5-. The summed E-state index contributed by atoms with van der Waals surface area (Å²) in [6, 6.07) is 0. The Labute approximate surface area is 84.3 Å². The van der Waals surface area contributed by atoms with Crippen LogP contribution in [0.4, 0.5) is 4.39 Å². The van der Waals surface area contributed by atoms with E-state index in [0.29, 0.717) is 0 Å². The fourth-order valence-electron chi connectivity index (χ4n) is 0.520. The molecule has 5 heteroatoms. The third-order valence-electron chi connectivity index (χ3n) is 1.16. The van der Waals surface area contributed by atoms with Crippen LogP contribution in [0.1, 0.15) is 6.42 Å². The molecule has 1 unspecified atom stereocenters. The Morgan fingerprint density at radius 2 is 2.33 bits per heavy atom. The first-order valence-electron chi connectivity index (χ1n) is 3.14. The van der Waals surface area contributed by atoms with Crippen LogP contribution in [0.25, 0.3) is 0 Å². The number of nitrogens with two attached hydrogens (primary N) is 1. The minimum Gasteiger partial charge on any atom is -0.400 e. The average Bonchev–Trinajstić information content (AvgIpc) is 2.02. The lowest BCUT2D eigenvalue weighted by Gasteiger charge is -2.07. The molecule has 0 spiro atoms. The van der Waals surface area contributed by atoms with Crippen molar-refractivity contribution in [2.45, 2.75) is 12.0 Å². The molecule has 1 atom stereocenters. The molecule has 12 heavy (non-hydrogen) atoms. The molecular formula is C7H10BrClFNO.